The van der Waals surface area contributed by atoms with E-state index in [1.165, 1.54) is 41.3 Å². The maximum Gasteiger partial charge on any atom is 0.416 e. The number of phenols is 1. The molecule has 2 bridgehead atoms. The molecule has 66 heavy (non-hydrogen) atoms. The van der Waals surface area contributed by atoms with E-state index in [1.807, 2.05) is 54.6 Å². The van der Waals surface area contributed by atoms with Gasteiger partial charge in [-0.1, -0.05) is 78.9 Å². The number of piperidine rings is 3. The molecule has 344 valence electrons. The Morgan fingerprint density at radius 1 is 0.879 bits per heavy atom. The topological polar surface area (TPSA) is 156 Å². The number of benzene rings is 5. The number of amides is 2. The summed E-state index contributed by atoms with van der Waals surface area (Å²) >= 11 is 0. The monoisotopic (exact) mass is 903 g/mol. The summed E-state index contributed by atoms with van der Waals surface area (Å²) in [5.41, 5.74) is 2.15. The number of alkyl carbamates (subject to hydrolysis) is 1. The van der Waals surface area contributed by atoms with Crippen LogP contribution in [0.25, 0.3) is 10.9 Å². The van der Waals surface area contributed by atoms with Crippen LogP contribution in [-0.4, -0.2) is 82.4 Å². The highest BCUT2D eigenvalue weighted by Gasteiger charge is 2.37. The van der Waals surface area contributed by atoms with Gasteiger partial charge in [0.05, 0.1) is 23.2 Å². The van der Waals surface area contributed by atoms with E-state index in [-0.39, 0.29) is 54.7 Å². The summed E-state index contributed by atoms with van der Waals surface area (Å²) in [6.07, 6.45) is -3.84. The van der Waals surface area contributed by atoms with Crippen molar-refractivity contribution in [3.8, 4) is 11.5 Å². The lowest BCUT2D eigenvalue weighted by Gasteiger charge is -2.43. The molecule has 3 fully saturated rings. The van der Waals surface area contributed by atoms with Crippen LogP contribution >= 0.6 is 0 Å². The lowest BCUT2D eigenvalue weighted by Crippen LogP contribution is -2.52. The summed E-state index contributed by atoms with van der Waals surface area (Å²) < 4.78 is 54.4. The standard InChI is InChI=1S/C51H52F3N5O7/c52-51(53,54)42-13-5-4-10-38(42)30-59(25-7-24-55-29-44(61)40-18-20-43(60)48-41(40)19-21-46(62)56-48)49(63)36-16-14-33(15-17-36)32-65-39-12-6-11-37(28-39)47(35-8-2-1-3-9-35)57-50(64)66-45-31-58-26-22-34(45)23-27-58/h1-6,8-21,28,34,44-45,47,55,60-61H,7,22-27,29-32H2,(H,56,62)(H,57,64). The minimum atomic E-state index is -4.62. The second-order valence-corrected chi connectivity index (χ2v) is 16.9. The van der Waals surface area contributed by atoms with E-state index in [9.17, 15) is 37.8 Å². The van der Waals surface area contributed by atoms with Crippen molar-refractivity contribution in [2.75, 3.05) is 39.3 Å². The summed E-state index contributed by atoms with van der Waals surface area (Å²) in [7, 11) is 0. The van der Waals surface area contributed by atoms with E-state index in [0.717, 1.165) is 55.2 Å². The van der Waals surface area contributed by atoms with Gasteiger partial charge in [0.1, 0.15) is 24.2 Å². The van der Waals surface area contributed by atoms with Gasteiger partial charge < -0.3 is 40.2 Å². The van der Waals surface area contributed by atoms with Gasteiger partial charge in [0.25, 0.3) is 5.91 Å². The van der Waals surface area contributed by atoms with Crippen LogP contribution < -0.4 is 20.9 Å². The summed E-state index contributed by atoms with van der Waals surface area (Å²) in [6, 6.07) is 34.3. The SMILES string of the molecule is O=C(NC(c1ccccc1)c1cccc(OCc2ccc(C(=O)N(CCCNCC(O)c3ccc(O)c4[nH]c(=O)ccc34)Cc3ccccc3C(F)(F)F)cc2)c1)OC1CN2CCC1CC2. The van der Waals surface area contributed by atoms with E-state index in [1.54, 1.807) is 30.3 Å². The molecule has 3 aliphatic heterocycles. The van der Waals surface area contributed by atoms with Crippen LogP contribution in [0.5, 0.6) is 11.5 Å². The summed E-state index contributed by atoms with van der Waals surface area (Å²) in [5, 5.41) is 27.9. The number of ether oxygens (including phenoxy) is 2. The van der Waals surface area contributed by atoms with Gasteiger partial charge in [-0.05, 0) is 115 Å². The zero-order valence-corrected chi connectivity index (χ0v) is 36.2. The fraction of sp³-hybridized carbons (Fsp3) is 0.314. The van der Waals surface area contributed by atoms with Crippen LogP contribution in [0.4, 0.5) is 18.0 Å². The molecule has 0 saturated carbocycles. The fourth-order valence-electron chi connectivity index (χ4n) is 8.90. The van der Waals surface area contributed by atoms with Gasteiger partial charge in [-0.25, -0.2) is 4.79 Å². The number of fused-ring (bicyclic) bond motifs is 4. The van der Waals surface area contributed by atoms with Crippen LogP contribution in [0.1, 0.15) is 75.1 Å². The van der Waals surface area contributed by atoms with Gasteiger partial charge in [-0.3, -0.25) is 14.5 Å². The second kappa shape index (κ2) is 20.7. The van der Waals surface area contributed by atoms with Crippen LogP contribution in [0.2, 0.25) is 0 Å². The molecule has 5 aromatic carbocycles. The number of hydrogen-bond donors (Lipinski definition) is 5. The van der Waals surface area contributed by atoms with Crippen molar-refractivity contribution in [3.05, 3.63) is 177 Å². The number of carbonyl (C=O) groups excluding carboxylic acids is 2. The van der Waals surface area contributed by atoms with Gasteiger partial charge >= 0.3 is 12.3 Å². The number of aromatic amines is 1. The Hall–Kier alpha value is -6.68. The average Bonchev–Trinajstić information content (AvgIpc) is 3.33. The molecule has 3 aliphatic rings. The zero-order valence-electron chi connectivity index (χ0n) is 36.2. The van der Waals surface area contributed by atoms with Crippen molar-refractivity contribution in [2.24, 2.45) is 5.92 Å². The number of H-pyrrole nitrogens is 1. The smallest absolute Gasteiger partial charge is 0.416 e. The summed E-state index contributed by atoms with van der Waals surface area (Å²) in [4.78, 5) is 45.5. The van der Waals surface area contributed by atoms with Crippen molar-refractivity contribution >= 4 is 22.9 Å². The Kier molecular flexibility index (Phi) is 14.4. The highest BCUT2D eigenvalue weighted by atomic mass is 19.4. The van der Waals surface area contributed by atoms with Gasteiger partial charge in [0.2, 0.25) is 5.56 Å². The second-order valence-electron chi connectivity index (χ2n) is 16.9. The Morgan fingerprint density at radius 2 is 1.62 bits per heavy atom. The lowest BCUT2D eigenvalue weighted by atomic mass is 9.86. The largest absolute Gasteiger partial charge is 0.506 e. The molecule has 1 aromatic heterocycles. The molecule has 4 heterocycles. The van der Waals surface area contributed by atoms with Gasteiger partial charge in [-0.2, -0.15) is 13.2 Å². The molecule has 0 radical (unpaired) electrons. The molecule has 6 aromatic rings. The molecule has 2 amide bonds. The van der Waals surface area contributed by atoms with Gasteiger partial charge in [-0.15, -0.1) is 0 Å². The fourth-order valence-corrected chi connectivity index (χ4v) is 8.90. The van der Waals surface area contributed by atoms with Crippen molar-refractivity contribution in [3.63, 3.8) is 0 Å². The van der Waals surface area contributed by atoms with Crippen LogP contribution in [0.15, 0.2) is 132 Å². The quantitative estimate of drug-likeness (QED) is 0.0571. The van der Waals surface area contributed by atoms with E-state index < -0.39 is 41.4 Å². The number of phenolic OH excluding ortho intramolecular Hbond substituents is 1. The molecule has 3 unspecified atom stereocenters. The summed E-state index contributed by atoms with van der Waals surface area (Å²) in [6.45, 7) is 3.22. The first kappa shape index (κ1) is 45.9. The predicted octanol–water partition coefficient (Wildman–Crippen LogP) is 8.10. The van der Waals surface area contributed by atoms with Gasteiger partial charge in [0.15, 0.2) is 0 Å². The number of rotatable bonds is 17. The molecular formula is C51H52F3N5O7. The molecule has 0 spiro atoms. The predicted molar refractivity (Wildman–Crippen MR) is 243 cm³/mol. The molecule has 9 rings (SSSR count). The first-order chi connectivity index (χ1) is 31.9. The van der Waals surface area contributed by atoms with E-state index in [4.69, 9.17) is 9.47 Å². The van der Waals surface area contributed by atoms with Crippen molar-refractivity contribution in [1.29, 1.82) is 0 Å². The number of aliphatic hydroxyl groups excluding tert-OH is 1. The Bertz CT molecular complexity index is 2670. The molecule has 15 heteroatoms. The third kappa shape index (κ3) is 11.2. The average molecular weight is 904 g/mol. The maximum atomic E-state index is 14.1. The third-order valence-electron chi connectivity index (χ3n) is 12.4. The lowest BCUT2D eigenvalue weighted by molar-refractivity contribution is -0.138. The molecule has 3 saturated heterocycles. The highest BCUT2D eigenvalue weighted by molar-refractivity contribution is 5.94. The number of nitrogens with one attached hydrogen (secondary N) is 3. The Morgan fingerprint density at radius 3 is 2.36 bits per heavy atom. The first-order valence-corrected chi connectivity index (χ1v) is 22.1. The molecule has 5 N–H and O–H groups in total. The summed E-state index contributed by atoms with van der Waals surface area (Å²) in [5.74, 6) is 0.348. The van der Waals surface area contributed by atoms with Crippen molar-refractivity contribution in [1.82, 2.24) is 25.4 Å². The number of halogens is 3. The number of aliphatic hydroxyl groups is 1. The first-order valence-electron chi connectivity index (χ1n) is 22.1. The number of aromatic nitrogens is 1. The molecule has 0 aliphatic carbocycles. The normalized spacial score (nSPS) is 17.8. The molecule has 12 nitrogen and oxygen atoms in total. The Labute approximate surface area is 380 Å². The Balaban J connectivity index is 0.906. The van der Waals surface area contributed by atoms with Crippen LogP contribution in [0.3, 0.4) is 0 Å². The van der Waals surface area contributed by atoms with E-state index in [0.29, 0.717) is 35.6 Å². The van der Waals surface area contributed by atoms with Crippen LogP contribution in [0, 0.1) is 5.92 Å². The number of carbonyl (C=O) groups is 2. The minimum Gasteiger partial charge on any atom is -0.506 e. The number of nitrogens with zero attached hydrogens (tertiary/aromatic N) is 2. The molecular weight excluding hydrogens is 852 g/mol. The maximum absolute atomic E-state index is 14.1. The number of hydrogen-bond acceptors (Lipinski definition) is 9. The number of aromatic hydroxyl groups is 1. The minimum absolute atomic E-state index is 0.0398. The molecule has 3 atom stereocenters. The van der Waals surface area contributed by atoms with Crippen LogP contribution in [-0.2, 0) is 24.1 Å². The number of alkyl halides is 3. The van der Waals surface area contributed by atoms with Crippen molar-refractivity contribution < 1.29 is 42.4 Å². The third-order valence-corrected chi connectivity index (χ3v) is 12.4. The zero-order chi connectivity index (χ0) is 46.2. The van der Waals surface area contributed by atoms with Crippen molar-refractivity contribution in [2.45, 2.75) is 56.8 Å². The number of pyridine rings is 1. The van der Waals surface area contributed by atoms with E-state index >= 15 is 0 Å². The van der Waals surface area contributed by atoms with E-state index in [2.05, 4.69) is 20.5 Å². The highest BCUT2D eigenvalue weighted by Crippen LogP contribution is 2.34. The van der Waals surface area contributed by atoms with Gasteiger partial charge in [0, 0.05) is 43.2 Å².